The number of nitrogens with zero attached hydrogens (tertiary/aromatic N) is 3. The molecule has 0 aromatic carbocycles. The first-order chi connectivity index (χ1) is 8.54. The maximum Gasteiger partial charge on any atom is 0.147 e. The van der Waals surface area contributed by atoms with E-state index in [4.69, 9.17) is 5.73 Å². The maximum absolute atomic E-state index is 5.77. The van der Waals surface area contributed by atoms with Crippen LogP contribution in [0.25, 0.3) is 0 Å². The van der Waals surface area contributed by atoms with Crippen molar-refractivity contribution < 1.29 is 0 Å². The first-order valence-corrected chi connectivity index (χ1v) is 7.18. The van der Waals surface area contributed by atoms with Crippen LogP contribution in [0.4, 0.5) is 0 Å². The summed E-state index contributed by atoms with van der Waals surface area (Å²) in [6, 6.07) is 0. The molecule has 0 spiro atoms. The SMILES string of the molecule is CC(Cc1nnc(CN)n1C(C)(C)C)CC(C)(C)C. The van der Waals surface area contributed by atoms with Crippen LogP contribution in [0.2, 0.25) is 0 Å². The van der Waals surface area contributed by atoms with E-state index in [0.717, 1.165) is 18.1 Å². The van der Waals surface area contributed by atoms with Crippen molar-refractivity contribution in [2.45, 2.75) is 73.4 Å². The average Bonchev–Trinajstić information content (AvgIpc) is 2.56. The van der Waals surface area contributed by atoms with Gasteiger partial charge >= 0.3 is 0 Å². The van der Waals surface area contributed by atoms with Gasteiger partial charge in [0.15, 0.2) is 0 Å². The molecule has 0 bridgehead atoms. The van der Waals surface area contributed by atoms with Gasteiger partial charge in [-0.3, -0.25) is 0 Å². The molecule has 0 aliphatic rings. The van der Waals surface area contributed by atoms with Crippen molar-refractivity contribution in [3.63, 3.8) is 0 Å². The quantitative estimate of drug-likeness (QED) is 0.911. The second-order valence-electron chi connectivity index (χ2n) is 7.82. The molecule has 0 fully saturated rings. The van der Waals surface area contributed by atoms with Gasteiger partial charge < -0.3 is 10.3 Å². The number of rotatable bonds is 4. The van der Waals surface area contributed by atoms with Gasteiger partial charge in [0.25, 0.3) is 0 Å². The van der Waals surface area contributed by atoms with Gasteiger partial charge in [0.2, 0.25) is 0 Å². The molecule has 4 heteroatoms. The molecule has 0 saturated carbocycles. The summed E-state index contributed by atoms with van der Waals surface area (Å²) in [4.78, 5) is 0. The molecule has 1 unspecified atom stereocenters. The van der Waals surface area contributed by atoms with E-state index < -0.39 is 0 Å². The lowest BCUT2D eigenvalue weighted by Crippen LogP contribution is -2.28. The zero-order valence-electron chi connectivity index (χ0n) is 13.6. The van der Waals surface area contributed by atoms with Crippen LogP contribution in [0.1, 0.15) is 66.5 Å². The van der Waals surface area contributed by atoms with E-state index in [0.29, 0.717) is 17.9 Å². The smallest absolute Gasteiger partial charge is 0.147 e. The van der Waals surface area contributed by atoms with E-state index in [9.17, 15) is 0 Å². The second kappa shape index (κ2) is 5.61. The highest BCUT2D eigenvalue weighted by molar-refractivity contribution is 5.02. The van der Waals surface area contributed by atoms with Crippen molar-refractivity contribution in [1.82, 2.24) is 14.8 Å². The molecular formula is C15H30N4. The molecule has 110 valence electrons. The van der Waals surface area contributed by atoms with E-state index in [1.807, 2.05) is 0 Å². The van der Waals surface area contributed by atoms with Crippen LogP contribution in [-0.4, -0.2) is 14.8 Å². The molecule has 0 saturated heterocycles. The molecular weight excluding hydrogens is 236 g/mol. The molecule has 0 amide bonds. The Balaban J connectivity index is 2.93. The van der Waals surface area contributed by atoms with Crippen LogP contribution in [-0.2, 0) is 18.5 Å². The third-order valence-electron chi connectivity index (χ3n) is 3.14. The van der Waals surface area contributed by atoms with E-state index in [1.54, 1.807) is 0 Å². The summed E-state index contributed by atoms with van der Waals surface area (Å²) >= 11 is 0. The minimum Gasteiger partial charge on any atom is -0.324 e. The fraction of sp³-hybridized carbons (Fsp3) is 0.867. The third-order valence-corrected chi connectivity index (χ3v) is 3.14. The van der Waals surface area contributed by atoms with Gasteiger partial charge in [0.05, 0.1) is 6.54 Å². The topological polar surface area (TPSA) is 56.7 Å². The first kappa shape index (κ1) is 16.2. The molecule has 0 aliphatic heterocycles. The van der Waals surface area contributed by atoms with Crippen LogP contribution in [0, 0.1) is 11.3 Å². The largest absolute Gasteiger partial charge is 0.324 e. The molecule has 4 nitrogen and oxygen atoms in total. The lowest BCUT2D eigenvalue weighted by Gasteiger charge is -2.27. The molecule has 0 radical (unpaired) electrons. The summed E-state index contributed by atoms with van der Waals surface area (Å²) in [5.74, 6) is 2.53. The monoisotopic (exact) mass is 266 g/mol. The molecule has 2 N–H and O–H groups in total. The van der Waals surface area contributed by atoms with Crippen molar-refractivity contribution in [3.05, 3.63) is 11.6 Å². The summed E-state index contributed by atoms with van der Waals surface area (Å²) in [6.45, 7) is 16.1. The van der Waals surface area contributed by atoms with Gasteiger partial charge in [-0.05, 0) is 38.5 Å². The van der Waals surface area contributed by atoms with Crippen LogP contribution in [0.15, 0.2) is 0 Å². The number of aromatic nitrogens is 3. The van der Waals surface area contributed by atoms with Crippen molar-refractivity contribution in [3.8, 4) is 0 Å². The van der Waals surface area contributed by atoms with Crippen molar-refractivity contribution in [2.24, 2.45) is 17.1 Å². The van der Waals surface area contributed by atoms with Crippen LogP contribution in [0.5, 0.6) is 0 Å². The minimum atomic E-state index is -0.0189. The zero-order valence-corrected chi connectivity index (χ0v) is 13.6. The van der Waals surface area contributed by atoms with Gasteiger partial charge in [0.1, 0.15) is 11.6 Å². The third kappa shape index (κ3) is 4.60. The highest BCUT2D eigenvalue weighted by Crippen LogP contribution is 2.27. The molecule has 19 heavy (non-hydrogen) atoms. The van der Waals surface area contributed by atoms with Gasteiger partial charge in [-0.2, -0.15) is 0 Å². The Bertz CT molecular complexity index is 407. The Hall–Kier alpha value is -0.900. The predicted octanol–water partition coefficient (Wildman–Crippen LogP) is 3.11. The minimum absolute atomic E-state index is 0.0189. The van der Waals surface area contributed by atoms with Gasteiger partial charge in [0, 0.05) is 12.0 Å². The fourth-order valence-corrected chi connectivity index (χ4v) is 2.82. The van der Waals surface area contributed by atoms with E-state index >= 15 is 0 Å². The molecule has 1 atom stereocenters. The highest BCUT2D eigenvalue weighted by atomic mass is 15.3. The average molecular weight is 266 g/mol. The second-order valence-corrected chi connectivity index (χ2v) is 7.82. The lowest BCUT2D eigenvalue weighted by molar-refractivity contribution is 0.294. The maximum atomic E-state index is 5.77. The Morgan fingerprint density at radius 1 is 1.05 bits per heavy atom. The lowest BCUT2D eigenvalue weighted by atomic mass is 9.84. The van der Waals surface area contributed by atoms with E-state index in [-0.39, 0.29) is 5.54 Å². The Labute approximate surface area is 117 Å². The number of hydrogen-bond acceptors (Lipinski definition) is 3. The van der Waals surface area contributed by atoms with Crippen molar-refractivity contribution in [1.29, 1.82) is 0 Å². The van der Waals surface area contributed by atoms with Crippen LogP contribution in [0.3, 0.4) is 0 Å². The van der Waals surface area contributed by atoms with Crippen LogP contribution < -0.4 is 5.73 Å². The fourth-order valence-electron chi connectivity index (χ4n) is 2.82. The highest BCUT2D eigenvalue weighted by Gasteiger charge is 2.24. The zero-order chi connectivity index (χ0) is 14.8. The Morgan fingerprint density at radius 2 is 1.58 bits per heavy atom. The summed E-state index contributed by atoms with van der Waals surface area (Å²) in [7, 11) is 0. The van der Waals surface area contributed by atoms with Gasteiger partial charge in [-0.15, -0.1) is 10.2 Å². The molecule has 1 rings (SSSR count). The summed E-state index contributed by atoms with van der Waals surface area (Å²) in [5.41, 5.74) is 6.10. The predicted molar refractivity (Wildman–Crippen MR) is 79.8 cm³/mol. The standard InChI is InChI=1S/C15H30N4/c1-11(9-14(2,3)4)8-12-17-18-13(10-16)19(12)15(5,6)7/h11H,8-10,16H2,1-7H3. The van der Waals surface area contributed by atoms with E-state index in [1.165, 1.54) is 6.42 Å². The van der Waals surface area contributed by atoms with Crippen LogP contribution >= 0.6 is 0 Å². The summed E-state index contributed by atoms with van der Waals surface area (Å²) in [5, 5.41) is 8.59. The molecule has 1 aromatic rings. The molecule has 1 heterocycles. The van der Waals surface area contributed by atoms with Crippen molar-refractivity contribution >= 4 is 0 Å². The number of hydrogen-bond donors (Lipinski definition) is 1. The van der Waals surface area contributed by atoms with E-state index in [2.05, 4.69) is 63.2 Å². The first-order valence-electron chi connectivity index (χ1n) is 7.18. The Kier molecular flexibility index (Phi) is 4.77. The molecule has 1 aromatic heterocycles. The molecule has 0 aliphatic carbocycles. The van der Waals surface area contributed by atoms with Gasteiger partial charge in [-0.25, -0.2) is 0 Å². The normalized spacial score (nSPS) is 14.7. The van der Waals surface area contributed by atoms with Gasteiger partial charge in [-0.1, -0.05) is 27.7 Å². The van der Waals surface area contributed by atoms with Crippen molar-refractivity contribution in [2.75, 3.05) is 0 Å². The number of nitrogens with two attached hydrogens (primary N) is 1. The summed E-state index contributed by atoms with van der Waals surface area (Å²) < 4.78 is 2.20. The Morgan fingerprint density at radius 3 is 2.00 bits per heavy atom. The summed E-state index contributed by atoms with van der Waals surface area (Å²) in [6.07, 6.45) is 2.14.